The van der Waals surface area contributed by atoms with Gasteiger partial charge in [-0.3, -0.25) is 24.3 Å². The molecule has 0 radical (unpaired) electrons. The molecule has 0 aliphatic carbocycles. The summed E-state index contributed by atoms with van der Waals surface area (Å²) >= 11 is 0. The largest absolute Gasteiger partial charge is 0.357 e. The summed E-state index contributed by atoms with van der Waals surface area (Å²) in [6, 6.07) is 14.6. The van der Waals surface area contributed by atoms with Crippen LogP contribution in [0.4, 0.5) is 10.5 Å². The van der Waals surface area contributed by atoms with Crippen LogP contribution < -0.4 is 10.6 Å². The highest BCUT2D eigenvalue weighted by Crippen LogP contribution is 2.25. The zero-order valence-corrected chi connectivity index (χ0v) is 21.9. The number of amides is 5. The molecule has 0 saturated carbocycles. The third-order valence-corrected chi connectivity index (χ3v) is 6.73. The Morgan fingerprint density at radius 2 is 1.74 bits per heavy atom. The van der Waals surface area contributed by atoms with Crippen LogP contribution in [0.2, 0.25) is 0 Å². The molecule has 198 valence electrons. The van der Waals surface area contributed by atoms with Crippen LogP contribution in [0.25, 0.3) is 10.8 Å². The van der Waals surface area contributed by atoms with E-state index in [9.17, 15) is 19.2 Å². The fraction of sp³-hybridized carbons (Fsp3) is 0.345. The molecule has 3 aromatic rings. The number of nitrogens with one attached hydrogen (secondary N) is 2. The maximum absolute atomic E-state index is 14.0. The van der Waals surface area contributed by atoms with Crippen molar-refractivity contribution in [2.75, 3.05) is 18.9 Å². The van der Waals surface area contributed by atoms with Gasteiger partial charge in [0.05, 0.1) is 0 Å². The lowest BCUT2D eigenvalue weighted by molar-refractivity contribution is -0.144. The minimum atomic E-state index is -1.03. The number of hydrogen-bond acceptors (Lipinski definition) is 5. The van der Waals surface area contributed by atoms with Crippen LogP contribution in [-0.2, 0) is 20.8 Å². The monoisotopic (exact) mass is 515 g/mol. The minimum Gasteiger partial charge on any atom is -0.357 e. The van der Waals surface area contributed by atoms with Crippen molar-refractivity contribution >= 4 is 40.2 Å². The standard InChI is InChI=1S/C29H33N5O4/c1-19(2)16-25-28(37)33(15-12-26(35)34(25)29(38)32-23-10-13-31-14-11-23)24(27(36)30-3)18-20-8-9-21-6-4-5-7-22(21)17-20/h4-11,13-14,17,19,24-25H,12,15-16,18H2,1-3H3,(H,30,36)(H,31,32,38). The zero-order chi connectivity index (χ0) is 27.2. The van der Waals surface area contributed by atoms with E-state index in [1.54, 1.807) is 12.1 Å². The van der Waals surface area contributed by atoms with Crippen molar-refractivity contribution in [1.82, 2.24) is 20.1 Å². The van der Waals surface area contributed by atoms with Crippen molar-refractivity contribution in [2.45, 2.75) is 45.2 Å². The molecule has 2 unspecified atom stereocenters. The van der Waals surface area contributed by atoms with Crippen LogP contribution in [0.3, 0.4) is 0 Å². The van der Waals surface area contributed by atoms with E-state index in [-0.39, 0.29) is 37.6 Å². The van der Waals surface area contributed by atoms with Gasteiger partial charge in [-0.1, -0.05) is 56.3 Å². The highest BCUT2D eigenvalue weighted by molar-refractivity contribution is 6.06. The third-order valence-electron chi connectivity index (χ3n) is 6.73. The summed E-state index contributed by atoms with van der Waals surface area (Å²) < 4.78 is 0. The van der Waals surface area contributed by atoms with Gasteiger partial charge in [0.25, 0.3) is 0 Å². The lowest BCUT2D eigenvalue weighted by Gasteiger charge is -2.34. The molecule has 1 saturated heterocycles. The minimum absolute atomic E-state index is 0.0202. The van der Waals surface area contributed by atoms with Crippen LogP contribution in [0.1, 0.15) is 32.3 Å². The topological polar surface area (TPSA) is 112 Å². The number of pyridine rings is 1. The van der Waals surface area contributed by atoms with E-state index in [0.717, 1.165) is 21.2 Å². The number of carbonyl (C=O) groups excluding carboxylic acids is 4. The Morgan fingerprint density at radius 3 is 2.42 bits per heavy atom. The lowest BCUT2D eigenvalue weighted by Crippen LogP contribution is -2.56. The van der Waals surface area contributed by atoms with Gasteiger partial charge in [0, 0.05) is 44.5 Å². The number of benzene rings is 2. The van der Waals surface area contributed by atoms with Crippen molar-refractivity contribution in [3.63, 3.8) is 0 Å². The first-order valence-electron chi connectivity index (χ1n) is 12.8. The number of imide groups is 1. The Hall–Kier alpha value is -4.27. The van der Waals surface area contributed by atoms with Gasteiger partial charge in [0.2, 0.25) is 17.7 Å². The zero-order valence-electron chi connectivity index (χ0n) is 21.9. The maximum Gasteiger partial charge on any atom is 0.329 e. The predicted octanol–water partition coefficient (Wildman–Crippen LogP) is 3.60. The van der Waals surface area contributed by atoms with Crippen molar-refractivity contribution in [2.24, 2.45) is 5.92 Å². The van der Waals surface area contributed by atoms with Gasteiger partial charge >= 0.3 is 6.03 Å². The summed E-state index contributed by atoms with van der Waals surface area (Å²) in [7, 11) is 1.53. The second kappa shape index (κ2) is 11.9. The molecule has 2 aromatic carbocycles. The van der Waals surface area contributed by atoms with E-state index in [2.05, 4.69) is 15.6 Å². The van der Waals surface area contributed by atoms with Gasteiger partial charge in [-0.2, -0.15) is 0 Å². The lowest BCUT2D eigenvalue weighted by atomic mass is 9.98. The SMILES string of the molecule is CNC(=O)C(Cc1ccc2ccccc2c1)N1CCC(=O)N(C(=O)Nc2ccncc2)C(CC(C)C)C1=O. The van der Waals surface area contributed by atoms with Crippen molar-refractivity contribution < 1.29 is 19.2 Å². The van der Waals surface area contributed by atoms with Gasteiger partial charge in [0.1, 0.15) is 12.1 Å². The van der Waals surface area contributed by atoms with E-state index in [1.165, 1.54) is 24.3 Å². The molecule has 9 nitrogen and oxygen atoms in total. The molecule has 38 heavy (non-hydrogen) atoms. The molecule has 2 atom stereocenters. The number of aromatic nitrogens is 1. The average Bonchev–Trinajstić information content (AvgIpc) is 3.02. The summed E-state index contributed by atoms with van der Waals surface area (Å²) in [5, 5.41) is 7.50. The van der Waals surface area contributed by atoms with Crippen LogP contribution >= 0.6 is 0 Å². The Bertz CT molecular complexity index is 1330. The number of urea groups is 1. The molecule has 2 N–H and O–H groups in total. The Balaban J connectivity index is 1.66. The Morgan fingerprint density at radius 1 is 1.03 bits per heavy atom. The summed E-state index contributed by atoms with van der Waals surface area (Å²) in [5.41, 5.74) is 1.36. The van der Waals surface area contributed by atoms with E-state index in [1.807, 2.05) is 56.3 Å². The number of carbonyl (C=O) groups is 4. The predicted molar refractivity (Wildman–Crippen MR) is 145 cm³/mol. The van der Waals surface area contributed by atoms with Crippen LogP contribution in [0.5, 0.6) is 0 Å². The van der Waals surface area contributed by atoms with Gasteiger partial charge < -0.3 is 15.5 Å². The second-order valence-corrected chi connectivity index (χ2v) is 9.87. The quantitative estimate of drug-likeness (QED) is 0.499. The number of rotatable bonds is 7. The van der Waals surface area contributed by atoms with Crippen molar-refractivity contribution in [3.8, 4) is 0 Å². The first-order chi connectivity index (χ1) is 18.3. The molecule has 1 aliphatic heterocycles. The fourth-order valence-corrected chi connectivity index (χ4v) is 4.86. The average molecular weight is 516 g/mol. The third kappa shape index (κ3) is 5.99. The molecule has 2 heterocycles. The number of nitrogens with zero attached hydrogens (tertiary/aromatic N) is 3. The molecular weight excluding hydrogens is 482 g/mol. The van der Waals surface area contributed by atoms with Crippen molar-refractivity contribution in [1.29, 1.82) is 0 Å². The van der Waals surface area contributed by atoms with E-state index < -0.39 is 29.9 Å². The van der Waals surface area contributed by atoms with Gasteiger partial charge in [-0.05, 0) is 40.8 Å². The summed E-state index contributed by atoms with van der Waals surface area (Å²) in [4.78, 5) is 60.1. The highest BCUT2D eigenvalue weighted by Gasteiger charge is 2.43. The smallest absolute Gasteiger partial charge is 0.329 e. The summed E-state index contributed by atoms with van der Waals surface area (Å²) in [5.74, 6) is -1.17. The Kier molecular flexibility index (Phi) is 8.35. The molecule has 0 bridgehead atoms. The summed E-state index contributed by atoms with van der Waals surface area (Å²) in [6.45, 7) is 3.89. The van der Waals surface area contributed by atoms with Gasteiger partial charge in [-0.15, -0.1) is 0 Å². The number of hydrogen-bond donors (Lipinski definition) is 2. The van der Waals surface area contributed by atoms with E-state index in [0.29, 0.717) is 5.69 Å². The fourth-order valence-electron chi connectivity index (χ4n) is 4.86. The van der Waals surface area contributed by atoms with Gasteiger partial charge in [0.15, 0.2) is 0 Å². The molecule has 0 spiro atoms. The van der Waals surface area contributed by atoms with E-state index in [4.69, 9.17) is 0 Å². The van der Waals surface area contributed by atoms with Crippen LogP contribution in [-0.4, -0.2) is 64.2 Å². The molecule has 9 heteroatoms. The Labute approximate surface area is 222 Å². The molecule has 1 aromatic heterocycles. The van der Waals surface area contributed by atoms with Crippen LogP contribution in [0, 0.1) is 5.92 Å². The first kappa shape index (κ1) is 26.8. The van der Waals surface area contributed by atoms with Crippen molar-refractivity contribution in [3.05, 3.63) is 72.6 Å². The number of anilines is 1. The van der Waals surface area contributed by atoms with E-state index >= 15 is 0 Å². The number of likely N-dealkylation sites (N-methyl/N-ethyl adjacent to an activating group) is 1. The number of fused-ring (bicyclic) bond motifs is 1. The second-order valence-electron chi connectivity index (χ2n) is 9.87. The molecule has 4 rings (SSSR count). The molecule has 5 amide bonds. The molecule has 1 aliphatic rings. The normalized spacial score (nSPS) is 16.9. The summed E-state index contributed by atoms with van der Waals surface area (Å²) in [6.07, 6.45) is 3.54. The van der Waals surface area contributed by atoms with Gasteiger partial charge in [-0.25, -0.2) is 4.79 Å². The first-order valence-corrected chi connectivity index (χ1v) is 12.8. The van der Waals surface area contributed by atoms with Crippen LogP contribution in [0.15, 0.2) is 67.0 Å². The highest BCUT2D eigenvalue weighted by atomic mass is 16.2. The molecular formula is C29H33N5O4. The maximum atomic E-state index is 14.0. The molecule has 1 fully saturated rings.